The SMILES string of the molecule is CN1CC2(CCN(C(=O)c3ccn[nH]3)CC2)COc2ccccc2S1(=O)=O. The fourth-order valence-corrected chi connectivity index (χ4v) is 5.23. The first-order valence-corrected chi connectivity index (χ1v) is 10.3. The van der Waals surface area contributed by atoms with E-state index in [9.17, 15) is 13.2 Å². The lowest BCUT2D eigenvalue weighted by Crippen LogP contribution is -2.51. The molecule has 0 bridgehead atoms. The van der Waals surface area contributed by atoms with Crippen molar-refractivity contribution in [3.8, 4) is 5.75 Å². The summed E-state index contributed by atoms with van der Waals surface area (Å²) >= 11 is 0. The molecule has 2 aliphatic heterocycles. The van der Waals surface area contributed by atoms with E-state index in [0.717, 1.165) is 0 Å². The Morgan fingerprint density at radius 3 is 2.67 bits per heavy atom. The molecule has 1 saturated heterocycles. The van der Waals surface area contributed by atoms with Crippen LogP contribution in [0.5, 0.6) is 5.75 Å². The van der Waals surface area contributed by atoms with Crippen molar-refractivity contribution < 1.29 is 17.9 Å². The normalized spacial score (nSPS) is 21.7. The van der Waals surface area contributed by atoms with Crippen LogP contribution in [0.2, 0.25) is 0 Å². The molecule has 8 nitrogen and oxygen atoms in total. The zero-order valence-corrected chi connectivity index (χ0v) is 15.9. The first-order valence-electron chi connectivity index (χ1n) is 8.88. The van der Waals surface area contributed by atoms with Crippen LogP contribution < -0.4 is 4.74 Å². The molecule has 9 heteroatoms. The number of rotatable bonds is 1. The highest BCUT2D eigenvalue weighted by Crippen LogP contribution is 2.38. The minimum Gasteiger partial charge on any atom is -0.492 e. The third-order valence-corrected chi connectivity index (χ3v) is 7.31. The monoisotopic (exact) mass is 390 g/mol. The molecule has 3 heterocycles. The molecule has 1 fully saturated rings. The Balaban J connectivity index is 1.55. The molecule has 4 rings (SSSR count). The van der Waals surface area contributed by atoms with Gasteiger partial charge in [-0.15, -0.1) is 0 Å². The van der Waals surface area contributed by atoms with Crippen molar-refractivity contribution in [1.29, 1.82) is 0 Å². The third kappa shape index (κ3) is 3.21. The molecule has 2 aromatic rings. The Hall–Kier alpha value is -2.39. The number of aromatic amines is 1. The summed E-state index contributed by atoms with van der Waals surface area (Å²) in [4.78, 5) is 14.5. The van der Waals surface area contributed by atoms with Crippen molar-refractivity contribution >= 4 is 15.9 Å². The smallest absolute Gasteiger partial charge is 0.271 e. The first-order chi connectivity index (χ1) is 12.9. The number of nitrogens with zero attached hydrogens (tertiary/aromatic N) is 3. The van der Waals surface area contributed by atoms with Gasteiger partial charge in [-0.25, -0.2) is 12.7 Å². The minimum atomic E-state index is -3.61. The average Bonchev–Trinajstić information content (AvgIpc) is 3.21. The van der Waals surface area contributed by atoms with Crippen LogP contribution in [-0.2, 0) is 10.0 Å². The number of likely N-dealkylation sites (tertiary alicyclic amines) is 1. The summed E-state index contributed by atoms with van der Waals surface area (Å²) in [5, 5.41) is 6.52. The number of fused-ring (bicyclic) bond motifs is 1. The Morgan fingerprint density at radius 2 is 1.96 bits per heavy atom. The van der Waals surface area contributed by atoms with Gasteiger partial charge < -0.3 is 9.64 Å². The summed E-state index contributed by atoms with van der Waals surface area (Å²) in [5.74, 6) is 0.305. The second kappa shape index (κ2) is 6.65. The lowest BCUT2D eigenvalue weighted by Gasteiger charge is -2.44. The molecule has 0 atom stereocenters. The van der Waals surface area contributed by atoms with Crippen LogP contribution in [0.1, 0.15) is 23.3 Å². The summed E-state index contributed by atoms with van der Waals surface area (Å²) in [7, 11) is -1.99. The standard InChI is InChI=1S/C18H22N4O4S/c1-21-12-18(13-26-15-4-2-3-5-16(15)27(21,24)25)7-10-22(11-8-18)17(23)14-6-9-19-20-14/h2-6,9H,7-8,10-13H2,1H3,(H,19,20). The highest BCUT2D eigenvalue weighted by molar-refractivity contribution is 7.89. The van der Waals surface area contributed by atoms with E-state index in [1.807, 2.05) is 0 Å². The number of aromatic nitrogens is 2. The zero-order chi connectivity index (χ0) is 19.1. The van der Waals surface area contributed by atoms with Crippen LogP contribution >= 0.6 is 0 Å². The van der Waals surface area contributed by atoms with Crippen molar-refractivity contribution in [1.82, 2.24) is 19.4 Å². The Morgan fingerprint density at radius 1 is 1.22 bits per heavy atom. The molecule has 27 heavy (non-hydrogen) atoms. The molecule has 1 aromatic heterocycles. The van der Waals surface area contributed by atoms with Gasteiger partial charge >= 0.3 is 0 Å². The van der Waals surface area contributed by atoms with Gasteiger partial charge in [0.1, 0.15) is 16.3 Å². The second-order valence-electron chi connectivity index (χ2n) is 7.26. The topological polar surface area (TPSA) is 95.6 Å². The molecule has 0 radical (unpaired) electrons. The molecule has 0 aliphatic carbocycles. The van der Waals surface area contributed by atoms with E-state index in [0.29, 0.717) is 50.5 Å². The number of H-pyrrole nitrogens is 1. The largest absolute Gasteiger partial charge is 0.492 e. The quantitative estimate of drug-likeness (QED) is 0.793. The minimum absolute atomic E-state index is 0.0829. The van der Waals surface area contributed by atoms with E-state index >= 15 is 0 Å². The van der Waals surface area contributed by atoms with Crippen LogP contribution in [0.4, 0.5) is 0 Å². The van der Waals surface area contributed by atoms with Crippen molar-refractivity contribution in [3.05, 3.63) is 42.2 Å². The maximum Gasteiger partial charge on any atom is 0.271 e. The van der Waals surface area contributed by atoms with Crippen LogP contribution in [0.15, 0.2) is 41.4 Å². The molecule has 1 spiro atoms. The van der Waals surface area contributed by atoms with Gasteiger partial charge in [0.15, 0.2) is 0 Å². The van der Waals surface area contributed by atoms with Gasteiger partial charge in [-0.05, 0) is 31.0 Å². The fraction of sp³-hybridized carbons (Fsp3) is 0.444. The van der Waals surface area contributed by atoms with Gasteiger partial charge in [-0.3, -0.25) is 9.89 Å². The number of para-hydroxylation sites is 1. The number of hydrogen-bond donors (Lipinski definition) is 1. The fourth-order valence-electron chi connectivity index (χ4n) is 3.82. The van der Waals surface area contributed by atoms with Crippen LogP contribution in [-0.4, -0.2) is 67.0 Å². The van der Waals surface area contributed by atoms with E-state index in [4.69, 9.17) is 4.74 Å². The molecule has 2 aliphatic rings. The molecule has 1 aromatic carbocycles. The first kappa shape index (κ1) is 18.0. The lowest BCUT2D eigenvalue weighted by atomic mass is 9.78. The van der Waals surface area contributed by atoms with Gasteiger partial charge in [0.25, 0.3) is 5.91 Å². The average molecular weight is 390 g/mol. The number of nitrogens with one attached hydrogen (secondary N) is 1. The highest BCUT2D eigenvalue weighted by atomic mass is 32.2. The molecular weight excluding hydrogens is 368 g/mol. The van der Waals surface area contributed by atoms with Gasteiger partial charge in [0.05, 0.1) is 6.61 Å². The van der Waals surface area contributed by atoms with Crippen LogP contribution in [0, 0.1) is 5.41 Å². The predicted octanol–water partition coefficient (Wildman–Crippen LogP) is 1.35. The van der Waals surface area contributed by atoms with Crippen molar-refractivity contribution in [3.63, 3.8) is 0 Å². The maximum absolute atomic E-state index is 12.9. The number of amides is 1. The summed E-state index contributed by atoms with van der Waals surface area (Å²) in [5.41, 5.74) is 0.147. The van der Waals surface area contributed by atoms with Crippen molar-refractivity contribution in [2.45, 2.75) is 17.7 Å². The van der Waals surface area contributed by atoms with Crippen LogP contribution in [0.25, 0.3) is 0 Å². The molecule has 1 N–H and O–H groups in total. The van der Waals surface area contributed by atoms with Crippen molar-refractivity contribution in [2.24, 2.45) is 5.41 Å². The third-order valence-electron chi connectivity index (χ3n) is 5.47. The molecular formula is C18H22N4O4S. The van der Waals surface area contributed by atoms with Gasteiger partial charge in [-0.1, -0.05) is 12.1 Å². The van der Waals surface area contributed by atoms with E-state index < -0.39 is 10.0 Å². The number of carbonyl (C=O) groups excluding carboxylic acids is 1. The number of piperidine rings is 1. The molecule has 1 amide bonds. The maximum atomic E-state index is 12.9. The van der Waals surface area contributed by atoms with E-state index in [-0.39, 0.29) is 16.2 Å². The van der Waals surface area contributed by atoms with Crippen molar-refractivity contribution in [2.75, 3.05) is 33.3 Å². The summed E-state index contributed by atoms with van der Waals surface area (Å²) in [6.07, 6.45) is 2.91. The molecule has 0 saturated carbocycles. The van der Waals surface area contributed by atoms with Gasteiger partial charge in [-0.2, -0.15) is 5.10 Å². The molecule has 144 valence electrons. The highest BCUT2D eigenvalue weighted by Gasteiger charge is 2.42. The zero-order valence-electron chi connectivity index (χ0n) is 15.1. The van der Waals surface area contributed by atoms with Crippen LogP contribution in [0.3, 0.4) is 0 Å². The summed E-state index contributed by atoms with van der Waals surface area (Å²) < 4.78 is 33.2. The number of benzene rings is 1. The summed E-state index contributed by atoms with van der Waals surface area (Å²) in [6.45, 7) is 1.90. The number of ether oxygens (including phenoxy) is 1. The van der Waals surface area contributed by atoms with Gasteiger partial charge in [0, 0.05) is 38.3 Å². The van der Waals surface area contributed by atoms with E-state index in [2.05, 4.69) is 10.2 Å². The Kier molecular flexibility index (Phi) is 4.43. The van der Waals surface area contributed by atoms with Gasteiger partial charge in [0.2, 0.25) is 10.0 Å². The number of sulfonamides is 1. The predicted molar refractivity (Wildman–Crippen MR) is 97.9 cm³/mol. The second-order valence-corrected chi connectivity index (χ2v) is 9.27. The summed E-state index contributed by atoms with van der Waals surface area (Å²) in [6, 6.07) is 8.39. The Bertz CT molecular complexity index is 934. The number of hydrogen-bond acceptors (Lipinski definition) is 5. The molecule has 0 unspecified atom stereocenters. The van der Waals surface area contributed by atoms with E-state index in [1.165, 1.54) is 4.31 Å². The number of carbonyl (C=O) groups is 1. The lowest BCUT2D eigenvalue weighted by molar-refractivity contribution is 0.0321. The van der Waals surface area contributed by atoms with E-state index in [1.54, 1.807) is 48.5 Å². The Labute approximate surface area is 158 Å².